The molecule has 2 atom stereocenters. The summed E-state index contributed by atoms with van der Waals surface area (Å²) in [6.45, 7) is 4.46. The molecule has 29 heavy (non-hydrogen) atoms. The van der Waals surface area contributed by atoms with Gasteiger partial charge in [-0.25, -0.2) is 4.79 Å². The zero-order valence-electron chi connectivity index (χ0n) is 17.2. The number of likely N-dealkylation sites (tertiary alicyclic amines) is 2. The van der Waals surface area contributed by atoms with Crippen molar-refractivity contribution in [2.24, 2.45) is 11.8 Å². The van der Waals surface area contributed by atoms with Gasteiger partial charge in [0.1, 0.15) is 0 Å². The average molecular weight is 398 g/mol. The van der Waals surface area contributed by atoms with Crippen LogP contribution in [-0.2, 0) is 11.2 Å². The molecule has 3 rings (SSSR count). The number of nitriles is 1. The van der Waals surface area contributed by atoms with E-state index in [-0.39, 0.29) is 17.9 Å². The summed E-state index contributed by atoms with van der Waals surface area (Å²) in [4.78, 5) is 28.5. The van der Waals surface area contributed by atoms with Crippen LogP contribution in [0.1, 0.15) is 56.1 Å². The summed E-state index contributed by atoms with van der Waals surface area (Å²) in [7, 11) is 0. The number of benzene rings is 1. The third-order valence-electron chi connectivity index (χ3n) is 6.49. The standard InChI is InChI=1S/C23H31N3O3/c1-2-17-3-5-19(6-4-17)20-9-13-26(14-10-21(15-20)22(27)28)23(29)25-11-7-18(16-24)8-12-25/h3-6,18,20-21H,2,7-15H2,1H3,(H,27,28). The SMILES string of the molecule is CCc1ccc(C2CCN(C(=O)N3CCC(C#N)CC3)CCC(C(=O)O)C2)cc1. The summed E-state index contributed by atoms with van der Waals surface area (Å²) >= 11 is 0. The Bertz CT molecular complexity index is 748. The Labute approximate surface area is 173 Å². The second kappa shape index (κ2) is 9.78. The highest BCUT2D eigenvalue weighted by atomic mass is 16.4. The second-order valence-corrected chi connectivity index (χ2v) is 8.30. The lowest BCUT2D eigenvalue weighted by Gasteiger charge is -2.37. The van der Waals surface area contributed by atoms with E-state index in [1.54, 1.807) is 0 Å². The number of rotatable bonds is 3. The molecule has 1 aromatic rings. The van der Waals surface area contributed by atoms with Gasteiger partial charge in [0.05, 0.1) is 12.0 Å². The number of carboxylic acid groups (broad SMARTS) is 1. The molecule has 0 bridgehead atoms. The Hall–Kier alpha value is -2.55. The fourth-order valence-electron chi connectivity index (χ4n) is 4.46. The Morgan fingerprint density at radius 1 is 1.03 bits per heavy atom. The lowest BCUT2D eigenvalue weighted by Crippen LogP contribution is -2.48. The normalized spacial score (nSPS) is 23.7. The molecule has 0 radical (unpaired) electrons. The molecule has 0 saturated carbocycles. The number of carbonyl (C=O) groups excluding carboxylic acids is 1. The van der Waals surface area contributed by atoms with Crippen LogP contribution in [0.15, 0.2) is 24.3 Å². The molecule has 6 heteroatoms. The van der Waals surface area contributed by atoms with Crippen molar-refractivity contribution < 1.29 is 14.7 Å². The quantitative estimate of drug-likeness (QED) is 0.839. The van der Waals surface area contributed by atoms with Crippen LogP contribution in [0, 0.1) is 23.2 Å². The minimum absolute atomic E-state index is 0.00694. The molecular formula is C23H31N3O3. The summed E-state index contributed by atoms with van der Waals surface area (Å²) in [6, 6.07) is 10.8. The van der Waals surface area contributed by atoms with E-state index < -0.39 is 11.9 Å². The maximum atomic E-state index is 13.0. The molecule has 2 amide bonds. The summed E-state index contributed by atoms with van der Waals surface area (Å²) in [5.41, 5.74) is 2.43. The van der Waals surface area contributed by atoms with Crippen LogP contribution >= 0.6 is 0 Å². The largest absolute Gasteiger partial charge is 0.481 e. The Morgan fingerprint density at radius 2 is 1.62 bits per heavy atom. The number of amides is 2. The molecule has 156 valence electrons. The minimum atomic E-state index is -0.774. The molecular weight excluding hydrogens is 366 g/mol. The van der Waals surface area contributed by atoms with Gasteiger partial charge in [0.25, 0.3) is 0 Å². The van der Waals surface area contributed by atoms with E-state index in [4.69, 9.17) is 5.26 Å². The van der Waals surface area contributed by atoms with Crippen LogP contribution in [0.4, 0.5) is 4.79 Å². The third-order valence-corrected chi connectivity index (χ3v) is 6.49. The van der Waals surface area contributed by atoms with Gasteiger partial charge in [-0.3, -0.25) is 4.79 Å². The van der Waals surface area contributed by atoms with Gasteiger partial charge in [-0.2, -0.15) is 5.26 Å². The first-order valence-electron chi connectivity index (χ1n) is 10.8. The molecule has 0 aliphatic carbocycles. The van der Waals surface area contributed by atoms with Crippen LogP contribution in [0.3, 0.4) is 0 Å². The third kappa shape index (κ3) is 5.29. The van der Waals surface area contributed by atoms with Gasteiger partial charge in [-0.05, 0) is 55.6 Å². The van der Waals surface area contributed by atoms with E-state index in [2.05, 4.69) is 37.3 Å². The van der Waals surface area contributed by atoms with Crippen molar-refractivity contribution in [3.63, 3.8) is 0 Å². The summed E-state index contributed by atoms with van der Waals surface area (Å²) in [6.07, 6.45) is 4.30. The second-order valence-electron chi connectivity index (χ2n) is 8.30. The predicted octanol–water partition coefficient (Wildman–Crippen LogP) is 3.87. The number of nitrogens with zero attached hydrogens (tertiary/aromatic N) is 3. The zero-order valence-corrected chi connectivity index (χ0v) is 17.2. The van der Waals surface area contributed by atoms with Gasteiger partial charge >= 0.3 is 12.0 Å². The van der Waals surface area contributed by atoms with Gasteiger partial charge in [0.15, 0.2) is 0 Å². The number of aryl methyl sites for hydroxylation is 1. The highest BCUT2D eigenvalue weighted by molar-refractivity contribution is 5.75. The molecule has 0 aromatic heterocycles. The van der Waals surface area contributed by atoms with Crippen LogP contribution < -0.4 is 0 Å². The van der Waals surface area contributed by atoms with E-state index >= 15 is 0 Å². The molecule has 2 aliphatic rings. The molecule has 2 fully saturated rings. The lowest BCUT2D eigenvalue weighted by molar-refractivity contribution is -0.142. The van der Waals surface area contributed by atoms with Crippen molar-refractivity contribution in [2.75, 3.05) is 26.2 Å². The van der Waals surface area contributed by atoms with Crippen LogP contribution in [0.25, 0.3) is 0 Å². The molecule has 2 saturated heterocycles. The summed E-state index contributed by atoms with van der Waals surface area (Å²) < 4.78 is 0. The Morgan fingerprint density at radius 3 is 2.17 bits per heavy atom. The Kier molecular flexibility index (Phi) is 7.13. The number of carboxylic acids is 1. The number of carbonyl (C=O) groups is 2. The summed E-state index contributed by atoms with van der Waals surface area (Å²) in [5.74, 6) is -1.03. The van der Waals surface area contributed by atoms with Crippen LogP contribution in [0.2, 0.25) is 0 Å². The van der Waals surface area contributed by atoms with Gasteiger partial charge in [0.2, 0.25) is 0 Å². The van der Waals surface area contributed by atoms with E-state index in [0.717, 1.165) is 31.2 Å². The minimum Gasteiger partial charge on any atom is -0.481 e. The zero-order chi connectivity index (χ0) is 20.8. The molecule has 1 aromatic carbocycles. The van der Waals surface area contributed by atoms with Gasteiger partial charge < -0.3 is 14.9 Å². The van der Waals surface area contributed by atoms with Crippen molar-refractivity contribution in [3.05, 3.63) is 35.4 Å². The van der Waals surface area contributed by atoms with Crippen LogP contribution in [0.5, 0.6) is 0 Å². The summed E-state index contributed by atoms with van der Waals surface area (Å²) in [5, 5.41) is 18.8. The van der Waals surface area contributed by atoms with E-state index in [1.165, 1.54) is 5.56 Å². The fraction of sp³-hybridized carbons (Fsp3) is 0.609. The van der Waals surface area contributed by atoms with Gasteiger partial charge in [-0.15, -0.1) is 0 Å². The van der Waals surface area contributed by atoms with Gasteiger partial charge in [-0.1, -0.05) is 31.2 Å². The predicted molar refractivity (Wildman–Crippen MR) is 110 cm³/mol. The molecule has 2 unspecified atom stereocenters. The number of hydrogen-bond acceptors (Lipinski definition) is 3. The topological polar surface area (TPSA) is 84.6 Å². The highest BCUT2D eigenvalue weighted by Gasteiger charge is 2.31. The average Bonchev–Trinajstić information content (AvgIpc) is 2.73. The Balaban J connectivity index is 1.70. The first-order valence-corrected chi connectivity index (χ1v) is 10.8. The highest BCUT2D eigenvalue weighted by Crippen LogP contribution is 2.32. The van der Waals surface area contributed by atoms with E-state index in [0.29, 0.717) is 39.0 Å². The number of piperidine rings is 1. The molecule has 2 heterocycles. The maximum absolute atomic E-state index is 13.0. The number of aliphatic carboxylic acids is 1. The van der Waals surface area contributed by atoms with Crippen molar-refractivity contribution in [3.8, 4) is 6.07 Å². The number of hydrogen-bond donors (Lipinski definition) is 1. The van der Waals surface area contributed by atoms with Crippen molar-refractivity contribution in [1.29, 1.82) is 5.26 Å². The molecule has 2 aliphatic heterocycles. The fourth-order valence-corrected chi connectivity index (χ4v) is 4.46. The lowest BCUT2D eigenvalue weighted by atomic mass is 9.83. The van der Waals surface area contributed by atoms with Crippen molar-refractivity contribution >= 4 is 12.0 Å². The van der Waals surface area contributed by atoms with E-state index in [9.17, 15) is 14.7 Å². The van der Waals surface area contributed by atoms with Crippen molar-refractivity contribution in [2.45, 2.75) is 51.4 Å². The number of urea groups is 1. The monoisotopic (exact) mass is 397 g/mol. The van der Waals surface area contributed by atoms with E-state index in [1.807, 2.05) is 9.80 Å². The van der Waals surface area contributed by atoms with Crippen molar-refractivity contribution in [1.82, 2.24) is 9.80 Å². The molecule has 0 spiro atoms. The first-order chi connectivity index (χ1) is 14.0. The first kappa shape index (κ1) is 21.2. The smallest absolute Gasteiger partial charge is 0.319 e. The van der Waals surface area contributed by atoms with Crippen LogP contribution in [-0.4, -0.2) is 53.1 Å². The molecule has 6 nitrogen and oxygen atoms in total. The maximum Gasteiger partial charge on any atom is 0.319 e. The molecule has 1 N–H and O–H groups in total. The van der Waals surface area contributed by atoms with Gasteiger partial charge in [0, 0.05) is 32.1 Å².